The summed E-state index contributed by atoms with van der Waals surface area (Å²) in [6.07, 6.45) is 0. The molecular formula is C29H31N3O3S. The van der Waals surface area contributed by atoms with Gasteiger partial charge in [0, 0.05) is 29.8 Å². The molecule has 0 unspecified atom stereocenters. The fourth-order valence-corrected chi connectivity index (χ4v) is 5.05. The molecule has 0 aliphatic rings. The summed E-state index contributed by atoms with van der Waals surface area (Å²) < 4.78 is 6.74. The van der Waals surface area contributed by atoms with E-state index in [1.165, 1.54) is 11.3 Å². The smallest absolute Gasteiger partial charge is 0.260 e. The van der Waals surface area contributed by atoms with Crippen LogP contribution in [0.2, 0.25) is 0 Å². The van der Waals surface area contributed by atoms with E-state index in [-0.39, 0.29) is 11.7 Å². The summed E-state index contributed by atoms with van der Waals surface area (Å²) in [4.78, 5) is 35.4. The Morgan fingerprint density at radius 3 is 2.14 bits per heavy atom. The van der Waals surface area contributed by atoms with Crippen molar-refractivity contribution < 1.29 is 14.3 Å². The lowest BCUT2D eigenvalue weighted by molar-refractivity contribution is 0.0981. The minimum atomic E-state index is -0.141. The summed E-state index contributed by atoms with van der Waals surface area (Å²) >= 11 is 1.48. The van der Waals surface area contributed by atoms with Gasteiger partial charge in [0.2, 0.25) is 0 Å². The van der Waals surface area contributed by atoms with Crippen molar-refractivity contribution in [1.82, 2.24) is 9.88 Å². The zero-order valence-electron chi connectivity index (χ0n) is 20.9. The number of rotatable bonds is 11. The molecule has 0 spiro atoms. The number of nitrogens with zero attached hydrogens (tertiary/aromatic N) is 3. The largest absolute Gasteiger partial charge is 0.492 e. The zero-order chi connectivity index (χ0) is 25.5. The van der Waals surface area contributed by atoms with Gasteiger partial charge in [-0.15, -0.1) is 0 Å². The first-order valence-corrected chi connectivity index (χ1v) is 13.1. The fraction of sp³-hybridized carbons (Fsp3) is 0.276. The first-order valence-electron chi connectivity index (χ1n) is 12.3. The first kappa shape index (κ1) is 25.5. The third-order valence-electron chi connectivity index (χ3n) is 6.11. The number of para-hydroxylation sites is 1. The number of hydrogen-bond acceptors (Lipinski definition) is 6. The average Bonchev–Trinajstić information content (AvgIpc) is 3.36. The van der Waals surface area contributed by atoms with E-state index in [9.17, 15) is 9.59 Å². The lowest BCUT2D eigenvalue weighted by Gasteiger charge is -2.24. The monoisotopic (exact) mass is 501 g/mol. The molecule has 4 aromatic rings. The van der Waals surface area contributed by atoms with Gasteiger partial charge in [-0.2, -0.15) is 0 Å². The standard InChI is InChI=1S/C29H31N3O3S/c1-4-31(5-2)19-20-32(29-30-26-24(35-6-3)13-10-14-25(26)36-29)28(34)23-17-15-22(16-18-23)27(33)21-11-8-7-9-12-21/h7-18H,4-6,19-20H2,1-3H3. The maximum absolute atomic E-state index is 13.7. The van der Waals surface area contributed by atoms with Crippen LogP contribution in [0.25, 0.3) is 10.2 Å². The second-order valence-corrected chi connectivity index (χ2v) is 9.30. The molecule has 1 heterocycles. The van der Waals surface area contributed by atoms with Crippen LogP contribution >= 0.6 is 11.3 Å². The van der Waals surface area contributed by atoms with Crippen molar-refractivity contribution in [3.63, 3.8) is 0 Å². The van der Waals surface area contributed by atoms with Gasteiger partial charge in [-0.1, -0.05) is 73.7 Å². The summed E-state index contributed by atoms with van der Waals surface area (Å²) in [5.41, 5.74) is 2.46. The van der Waals surface area contributed by atoms with E-state index in [4.69, 9.17) is 9.72 Å². The molecule has 0 saturated heterocycles. The Hall–Kier alpha value is -3.55. The molecule has 0 bridgehead atoms. The van der Waals surface area contributed by atoms with Crippen LogP contribution < -0.4 is 9.64 Å². The number of aromatic nitrogens is 1. The Kier molecular flexibility index (Phi) is 8.46. The highest BCUT2D eigenvalue weighted by molar-refractivity contribution is 7.22. The van der Waals surface area contributed by atoms with Crippen LogP contribution in [0, 0.1) is 0 Å². The van der Waals surface area contributed by atoms with Crippen LogP contribution in [0.15, 0.2) is 72.8 Å². The van der Waals surface area contributed by atoms with Crippen molar-refractivity contribution in [2.75, 3.05) is 37.7 Å². The van der Waals surface area contributed by atoms with Gasteiger partial charge in [-0.25, -0.2) is 4.98 Å². The van der Waals surface area contributed by atoms with Crippen LogP contribution in [0.1, 0.15) is 47.1 Å². The van der Waals surface area contributed by atoms with Gasteiger partial charge in [0.25, 0.3) is 5.91 Å². The molecule has 36 heavy (non-hydrogen) atoms. The molecule has 0 atom stereocenters. The summed E-state index contributed by atoms with van der Waals surface area (Å²) in [5, 5.41) is 0.638. The highest BCUT2D eigenvalue weighted by atomic mass is 32.1. The number of benzene rings is 3. The minimum Gasteiger partial charge on any atom is -0.492 e. The van der Waals surface area contributed by atoms with Crippen LogP contribution in [0.5, 0.6) is 5.75 Å². The third-order valence-corrected chi connectivity index (χ3v) is 7.15. The average molecular weight is 502 g/mol. The highest BCUT2D eigenvalue weighted by Gasteiger charge is 2.23. The van der Waals surface area contributed by atoms with E-state index in [0.29, 0.717) is 35.0 Å². The predicted octanol–water partition coefficient (Wildman–Crippen LogP) is 5.91. The molecule has 0 N–H and O–H groups in total. The molecule has 0 aliphatic carbocycles. The lowest BCUT2D eigenvalue weighted by atomic mass is 10.0. The summed E-state index contributed by atoms with van der Waals surface area (Å²) in [7, 11) is 0. The number of anilines is 1. The molecule has 186 valence electrons. The second kappa shape index (κ2) is 11.9. The van der Waals surface area contributed by atoms with Crippen molar-refractivity contribution in [1.29, 1.82) is 0 Å². The molecule has 1 amide bonds. The van der Waals surface area contributed by atoms with Gasteiger partial charge in [0.05, 0.1) is 11.3 Å². The molecule has 3 aromatic carbocycles. The van der Waals surface area contributed by atoms with E-state index >= 15 is 0 Å². The summed E-state index contributed by atoms with van der Waals surface area (Å²) in [5.74, 6) is 0.512. The van der Waals surface area contributed by atoms with Gasteiger partial charge in [-0.3, -0.25) is 14.5 Å². The van der Waals surface area contributed by atoms with Crippen LogP contribution in [-0.2, 0) is 0 Å². The number of amides is 1. The van der Waals surface area contributed by atoms with Crippen molar-refractivity contribution in [2.24, 2.45) is 0 Å². The van der Waals surface area contributed by atoms with E-state index < -0.39 is 0 Å². The molecule has 4 rings (SSSR count). The van der Waals surface area contributed by atoms with Gasteiger partial charge in [0.1, 0.15) is 11.3 Å². The van der Waals surface area contributed by atoms with E-state index in [2.05, 4.69) is 18.7 Å². The number of hydrogen-bond donors (Lipinski definition) is 0. The third kappa shape index (κ3) is 5.64. The topological polar surface area (TPSA) is 62.7 Å². The maximum atomic E-state index is 13.7. The first-order chi connectivity index (χ1) is 17.5. The maximum Gasteiger partial charge on any atom is 0.260 e. The predicted molar refractivity (Wildman–Crippen MR) is 147 cm³/mol. The van der Waals surface area contributed by atoms with Crippen molar-refractivity contribution in [2.45, 2.75) is 20.8 Å². The molecule has 0 radical (unpaired) electrons. The number of ether oxygens (including phenoxy) is 1. The molecule has 0 fully saturated rings. The Morgan fingerprint density at radius 1 is 0.806 bits per heavy atom. The molecular weight excluding hydrogens is 470 g/mol. The summed E-state index contributed by atoms with van der Waals surface area (Å²) in [6, 6.07) is 21.9. The normalized spacial score (nSPS) is 11.1. The van der Waals surface area contributed by atoms with E-state index in [1.54, 1.807) is 41.3 Å². The number of thiazole rings is 1. The Morgan fingerprint density at radius 2 is 1.47 bits per heavy atom. The minimum absolute atomic E-state index is 0.0670. The fourth-order valence-electron chi connectivity index (χ4n) is 4.04. The van der Waals surface area contributed by atoms with Gasteiger partial charge < -0.3 is 9.64 Å². The van der Waals surface area contributed by atoms with Crippen molar-refractivity contribution in [3.8, 4) is 5.75 Å². The number of carbonyl (C=O) groups is 2. The Bertz CT molecular complexity index is 1310. The van der Waals surface area contributed by atoms with Crippen molar-refractivity contribution in [3.05, 3.63) is 89.5 Å². The van der Waals surface area contributed by atoms with E-state index in [1.807, 2.05) is 43.3 Å². The van der Waals surface area contributed by atoms with Crippen molar-refractivity contribution >= 4 is 38.4 Å². The van der Waals surface area contributed by atoms with Crippen LogP contribution in [0.4, 0.5) is 5.13 Å². The number of carbonyl (C=O) groups excluding carboxylic acids is 2. The molecule has 6 nitrogen and oxygen atoms in total. The quantitative estimate of drug-likeness (QED) is 0.239. The SMILES string of the molecule is CCOc1cccc2sc(N(CCN(CC)CC)C(=O)c3ccc(C(=O)c4ccccc4)cc3)nc12. The zero-order valence-corrected chi connectivity index (χ0v) is 21.8. The number of fused-ring (bicyclic) bond motifs is 1. The van der Waals surface area contributed by atoms with Gasteiger partial charge in [0.15, 0.2) is 10.9 Å². The van der Waals surface area contributed by atoms with Gasteiger partial charge >= 0.3 is 0 Å². The van der Waals surface area contributed by atoms with Crippen LogP contribution in [0.3, 0.4) is 0 Å². The molecule has 0 saturated carbocycles. The molecule has 7 heteroatoms. The molecule has 1 aromatic heterocycles. The highest BCUT2D eigenvalue weighted by Crippen LogP contribution is 2.34. The second-order valence-electron chi connectivity index (χ2n) is 8.29. The van der Waals surface area contributed by atoms with Gasteiger partial charge in [-0.05, 0) is 44.3 Å². The number of ketones is 1. The Labute approximate surface area is 216 Å². The lowest BCUT2D eigenvalue weighted by Crippen LogP contribution is -2.38. The Balaban J connectivity index is 1.64. The molecule has 0 aliphatic heterocycles. The summed E-state index contributed by atoms with van der Waals surface area (Å²) in [6.45, 7) is 9.77. The number of likely N-dealkylation sites (N-methyl/N-ethyl adjacent to an activating group) is 1. The van der Waals surface area contributed by atoms with Crippen LogP contribution in [-0.4, -0.2) is 54.4 Å². The van der Waals surface area contributed by atoms with E-state index in [0.717, 1.165) is 35.6 Å².